The lowest BCUT2D eigenvalue weighted by molar-refractivity contribution is -0.688. The van der Waals surface area contributed by atoms with E-state index in [0.717, 1.165) is 11.1 Å². The number of benzene rings is 2. The Morgan fingerprint density at radius 3 is 2.62 bits per heavy atom. The predicted molar refractivity (Wildman–Crippen MR) is 95.0 cm³/mol. The molecule has 0 atom stereocenters. The Balaban J connectivity index is 1.60. The van der Waals surface area contributed by atoms with Gasteiger partial charge in [0.15, 0.2) is 18.9 Å². The topological polar surface area (TPSA) is 51.7 Å². The molecular weight excluding hydrogens is 331 g/mol. The van der Waals surface area contributed by atoms with E-state index in [2.05, 4.69) is 10.3 Å². The molecule has 26 heavy (non-hydrogen) atoms. The second-order valence-corrected chi connectivity index (χ2v) is 6.08. The Morgan fingerprint density at radius 2 is 1.77 bits per heavy atom. The van der Waals surface area contributed by atoms with Gasteiger partial charge >= 0.3 is 0 Å². The monoisotopic (exact) mass is 347 g/mol. The van der Waals surface area contributed by atoms with E-state index < -0.39 is 0 Å². The molecule has 0 unspecified atom stereocenters. The number of nitrogens with zero attached hydrogens (tertiary/aromatic N) is 4. The van der Waals surface area contributed by atoms with Gasteiger partial charge in [0.2, 0.25) is 0 Å². The van der Waals surface area contributed by atoms with Crippen molar-refractivity contribution in [1.29, 1.82) is 0 Å². The first-order valence-corrected chi connectivity index (χ1v) is 8.24. The van der Waals surface area contributed by atoms with E-state index in [1.807, 2.05) is 41.2 Å². The van der Waals surface area contributed by atoms with Gasteiger partial charge in [-0.1, -0.05) is 17.3 Å². The third-order valence-corrected chi connectivity index (χ3v) is 4.16. The molecule has 4 rings (SSSR count). The summed E-state index contributed by atoms with van der Waals surface area (Å²) in [6.45, 7) is 0.952. The molecule has 0 saturated carbocycles. The van der Waals surface area contributed by atoms with E-state index in [4.69, 9.17) is 0 Å². The first kappa shape index (κ1) is 16.1. The average Bonchev–Trinajstić information content (AvgIpc) is 2.66. The second-order valence-electron chi connectivity index (χ2n) is 6.08. The summed E-state index contributed by atoms with van der Waals surface area (Å²) in [5.74, 6) is -0.248. The van der Waals surface area contributed by atoms with Gasteiger partial charge in [0.05, 0.1) is 11.9 Å². The number of hydrogen-bond donors (Lipinski definition) is 0. The van der Waals surface area contributed by atoms with Gasteiger partial charge in [-0.05, 0) is 42.5 Å². The van der Waals surface area contributed by atoms with Crippen LogP contribution in [-0.4, -0.2) is 15.0 Å². The van der Waals surface area contributed by atoms with Crippen LogP contribution in [0.5, 0.6) is 0 Å². The number of halogens is 1. The van der Waals surface area contributed by atoms with Crippen molar-refractivity contribution in [3.8, 4) is 0 Å². The van der Waals surface area contributed by atoms with Crippen molar-refractivity contribution in [3.63, 3.8) is 0 Å². The van der Waals surface area contributed by atoms with Crippen LogP contribution < -0.4 is 10.1 Å². The molecule has 0 saturated heterocycles. The first-order valence-electron chi connectivity index (χ1n) is 8.24. The SMILES string of the molecule is O=c1c2ccccc2nnn1Cc1ccc[n+](Cc2ccc(F)cc2)c1. The fourth-order valence-electron chi connectivity index (χ4n) is 2.87. The fraction of sp³-hybridized carbons (Fsp3) is 0.100. The molecule has 0 aliphatic rings. The number of hydrogen-bond acceptors (Lipinski definition) is 3. The van der Waals surface area contributed by atoms with E-state index >= 15 is 0 Å². The fourth-order valence-corrected chi connectivity index (χ4v) is 2.87. The van der Waals surface area contributed by atoms with Crippen molar-refractivity contribution in [2.75, 3.05) is 0 Å². The Morgan fingerprint density at radius 1 is 0.962 bits per heavy atom. The summed E-state index contributed by atoms with van der Waals surface area (Å²) in [4.78, 5) is 12.6. The molecular formula is C20H16FN4O+. The van der Waals surface area contributed by atoms with Crippen molar-refractivity contribution >= 4 is 10.9 Å². The van der Waals surface area contributed by atoms with E-state index in [9.17, 15) is 9.18 Å². The van der Waals surface area contributed by atoms with Crippen LogP contribution >= 0.6 is 0 Å². The molecule has 0 N–H and O–H groups in total. The van der Waals surface area contributed by atoms with E-state index in [0.29, 0.717) is 24.0 Å². The maximum atomic E-state index is 13.0. The maximum Gasteiger partial charge on any atom is 0.277 e. The normalized spacial score (nSPS) is 11.0. The zero-order valence-electron chi connectivity index (χ0n) is 13.9. The van der Waals surface area contributed by atoms with Gasteiger partial charge in [-0.2, -0.15) is 0 Å². The number of fused-ring (bicyclic) bond motifs is 1. The quantitative estimate of drug-likeness (QED) is 0.533. The smallest absolute Gasteiger partial charge is 0.267 e. The molecule has 5 nitrogen and oxygen atoms in total. The Hall–Kier alpha value is -3.41. The molecule has 0 aliphatic carbocycles. The van der Waals surface area contributed by atoms with Crippen molar-refractivity contribution in [3.05, 3.63) is 100 Å². The van der Waals surface area contributed by atoms with E-state index in [1.165, 1.54) is 16.8 Å². The molecule has 0 bridgehead atoms. The molecule has 2 aromatic heterocycles. The highest BCUT2D eigenvalue weighted by molar-refractivity contribution is 5.76. The lowest BCUT2D eigenvalue weighted by Crippen LogP contribution is -2.34. The van der Waals surface area contributed by atoms with Crippen molar-refractivity contribution < 1.29 is 8.96 Å². The van der Waals surface area contributed by atoms with Crippen LogP contribution in [0.3, 0.4) is 0 Å². The van der Waals surface area contributed by atoms with Crippen molar-refractivity contribution in [2.24, 2.45) is 0 Å². The number of rotatable bonds is 4. The summed E-state index contributed by atoms with van der Waals surface area (Å²) in [5, 5.41) is 8.69. The minimum absolute atomic E-state index is 0.162. The first-order chi connectivity index (χ1) is 12.7. The molecule has 2 heterocycles. The summed E-state index contributed by atoms with van der Waals surface area (Å²) < 4.78 is 16.4. The standard InChI is InChI=1S/C20H16FN4O/c21-17-9-7-15(8-10-17)12-24-11-3-4-16(13-24)14-25-20(26)18-5-1-2-6-19(18)22-23-25/h1-11,13H,12,14H2/q+1. The summed E-state index contributed by atoms with van der Waals surface area (Å²) in [6, 6.07) is 17.4. The third-order valence-electron chi connectivity index (χ3n) is 4.16. The summed E-state index contributed by atoms with van der Waals surface area (Å²) in [6.07, 6.45) is 3.88. The molecule has 2 aromatic carbocycles. The van der Waals surface area contributed by atoms with E-state index in [1.54, 1.807) is 24.3 Å². The van der Waals surface area contributed by atoms with Crippen LogP contribution in [0.2, 0.25) is 0 Å². The molecule has 4 aromatic rings. The van der Waals surface area contributed by atoms with Gasteiger partial charge in [0.1, 0.15) is 11.3 Å². The van der Waals surface area contributed by atoms with Gasteiger partial charge in [0.25, 0.3) is 5.56 Å². The summed E-state index contributed by atoms with van der Waals surface area (Å²) >= 11 is 0. The lowest BCUT2D eigenvalue weighted by atomic mass is 10.2. The van der Waals surface area contributed by atoms with Gasteiger partial charge in [0, 0.05) is 17.2 Å². The second kappa shape index (κ2) is 6.84. The Bertz CT molecular complexity index is 1120. The molecule has 0 radical (unpaired) electrons. The van der Waals surface area contributed by atoms with Gasteiger partial charge in [-0.3, -0.25) is 4.79 Å². The Kier molecular flexibility index (Phi) is 4.23. The molecule has 0 amide bonds. The van der Waals surface area contributed by atoms with E-state index in [-0.39, 0.29) is 11.4 Å². The largest absolute Gasteiger partial charge is 0.277 e. The zero-order valence-corrected chi connectivity index (χ0v) is 13.9. The molecule has 0 spiro atoms. The highest BCUT2D eigenvalue weighted by Gasteiger charge is 2.09. The zero-order chi connectivity index (χ0) is 17.9. The molecule has 128 valence electrons. The third kappa shape index (κ3) is 3.35. The molecule has 6 heteroatoms. The van der Waals surface area contributed by atoms with Crippen molar-refractivity contribution in [1.82, 2.24) is 15.0 Å². The van der Waals surface area contributed by atoms with Crippen LogP contribution in [0.25, 0.3) is 10.9 Å². The summed E-state index contributed by atoms with van der Waals surface area (Å²) in [5.41, 5.74) is 2.36. The maximum absolute atomic E-state index is 13.0. The minimum Gasteiger partial charge on any atom is -0.267 e. The van der Waals surface area contributed by atoms with Gasteiger partial charge in [-0.25, -0.2) is 13.6 Å². The predicted octanol–water partition coefficient (Wildman–Crippen LogP) is 2.31. The summed E-state index contributed by atoms with van der Waals surface area (Å²) in [7, 11) is 0. The number of pyridine rings is 1. The molecule has 0 fully saturated rings. The number of aromatic nitrogens is 4. The van der Waals surface area contributed by atoms with Gasteiger partial charge < -0.3 is 0 Å². The van der Waals surface area contributed by atoms with Crippen LogP contribution in [-0.2, 0) is 13.1 Å². The molecule has 0 aliphatic heterocycles. The van der Waals surface area contributed by atoms with Crippen molar-refractivity contribution in [2.45, 2.75) is 13.1 Å². The average molecular weight is 347 g/mol. The highest BCUT2D eigenvalue weighted by Crippen LogP contribution is 2.05. The minimum atomic E-state index is -0.248. The Labute approximate surface area is 149 Å². The highest BCUT2D eigenvalue weighted by atomic mass is 19.1. The van der Waals surface area contributed by atoms with Gasteiger partial charge in [-0.15, -0.1) is 5.10 Å². The van der Waals surface area contributed by atoms with Crippen LogP contribution in [0.4, 0.5) is 4.39 Å². The lowest BCUT2D eigenvalue weighted by Gasteiger charge is -2.05. The van der Waals surface area contributed by atoms with Crippen LogP contribution in [0.15, 0.2) is 77.9 Å². The van der Waals surface area contributed by atoms with Crippen LogP contribution in [0, 0.1) is 5.82 Å². The van der Waals surface area contributed by atoms with Crippen LogP contribution in [0.1, 0.15) is 11.1 Å².